The van der Waals surface area contributed by atoms with Crippen molar-refractivity contribution < 1.29 is 4.42 Å². The Balaban J connectivity index is 1.99. The van der Waals surface area contributed by atoms with Gasteiger partial charge in [-0.05, 0) is 37.5 Å². The molecule has 3 nitrogen and oxygen atoms in total. The molecule has 0 amide bonds. The number of nitrogens with two attached hydrogens (primary N) is 1. The Morgan fingerprint density at radius 1 is 1.38 bits per heavy atom. The average molecular weight is 281 g/mol. The SMILES string of the molecule is N[C@H]1CC[C@@H](c2nc3cc(Br)ccc3o2)C1. The van der Waals surface area contributed by atoms with Crippen LogP contribution in [-0.2, 0) is 0 Å². The Kier molecular flexibility index (Phi) is 2.48. The first-order valence-electron chi connectivity index (χ1n) is 5.54. The topological polar surface area (TPSA) is 52.0 Å². The molecule has 0 saturated heterocycles. The number of nitrogens with zero attached hydrogens (tertiary/aromatic N) is 1. The Labute approximate surface area is 102 Å². The number of fused-ring (bicyclic) bond motifs is 1. The molecule has 1 aliphatic carbocycles. The van der Waals surface area contributed by atoms with Crippen molar-refractivity contribution in [3.8, 4) is 0 Å². The van der Waals surface area contributed by atoms with Crippen molar-refractivity contribution in [2.75, 3.05) is 0 Å². The van der Waals surface area contributed by atoms with Gasteiger partial charge in [-0.25, -0.2) is 4.98 Å². The van der Waals surface area contributed by atoms with Crippen LogP contribution in [0.15, 0.2) is 27.1 Å². The molecule has 84 valence electrons. The predicted molar refractivity (Wildman–Crippen MR) is 66.3 cm³/mol. The molecule has 0 radical (unpaired) electrons. The first-order chi connectivity index (χ1) is 7.72. The van der Waals surface area contributed by atoms with Crippen LogP contribution in [0.3, 0.4) is 0 Å². The summed E-state index contributed by atoms with van der Waals surface area (Å²) in [6.45, 7) is 0. The van der Waals surface area contributed by atoms with Gasteiger partial charge in [0, 0.05) is 16.4 Å². The molecule has 1 aliphatic rings. The largest absolute Gasteiger partial charge is 0.440 e. The minimum atomic E-state index is 0.312. The first kappa shape index (κ1) is 10.3. The van der Waals surface area contributed by atoms with Crippen molar-refractivity contribution >= 4 is 27.0 Å². The lowest BCUT2D eigenvalue weighted by Gasteiger charge is -2.02. The van der Waals surface area contributed by atoms with Crippen molar-refractivity contribution in [2.45, 2.75) is 31.2 Å². The van der Waals surface area contributed by atoms with Gasteiger partial charge in [-0.15, -0.1) is 0 Å². The smallest absolute Gasteiger partial charge is 0.198 e. The van der Waals surface area contributed by atoms with Gasteiger partial charge in [0.25, 0.3) is 0 Å². The minimum absolute atomic E-state index is 0.312. The van der Waals surface area contributed by atoms with Crippen molar-refractivity contribution in [1.82, 2.24) is 4.98 Å². The van der Waals surface area contributed by atoms with E-state index in [4.69, 9.17) is 10.2 Å². The van der Waals surface area contributed by atoms with Gasteiger partial charge in [-0.2, -0.15) is 0 Å². The quantitative estimate of drug-likeness (QED) is 0.873. The molecule has 0 aliphatic heterocycles. The second-order valence-corrected chi connectivity index (χ2v) is 5.35. The van der Waals surface area contributed by atoms with Gasteiger partial charge in [-0.1, -0.05) is 15.9 Å². The first-order valence-corrected chi connectivity index (χ1v) is 6.33. The molecule has 1 aromatic carbocycles. The second-order valence-electron chi connectivity index (χ2n) is 4.43. The molecular formula is C12H13BrN2O. The lowest BCUT2D eigenvalue weighted by Crippen LogP contribution is -2.14. The van der Waals surface area contributed by atoms with Gasteiger partial charge in [-0.3, -0.25) is 0 Å². The molecule has 2 aromatic rings. The highest BCUT2D eigenvalue weighted by Crippen LogP contribution is 2.34. The second kappa shape index (κ2) is 3.86. The molecular weight excluding hydrogens is 268 g/mol. The summed E-state index contributed by atoms with van der Waals surface area (Å²) in [4.78, 5) is 4.54. The number of rotatable bonds is 1. The van der Waals surface area contributed by atoms with Crippen LogP contribution in [0.4, 0.5) is 0 Å². The molecule has 1 aromatic heterocycles. The van der Waals surface area contributed by atoms with E-state index >= 15 is 0 Å². The maximum atomic E-state index is 5.90. The van der Waals surface area contributed by atoms with E-state index in [0.29, 0.717) is 12.0 Å². The summed E-state index contributed by atoms with van der Waals surface area (Å²) in [5, 5.41) is 0. The summed E-state index contributed by atoms with van der Waals surface area (Å²) < 4.78 is 6.80. The number of benzene rings is 1. The van der Waals surface area contributed by atoms with E-state index in [-0.39, 0.29) is 0 Å². The van der Waals surface area contributed by atoms with Gasteiger partial charge in [0.15, 0.2) is 11.5 Å². The Bertz CT molecular complexity index is 523. The maximum Gasteiger partial charge on any atom is 0.198 e. The summed E-state index contributed by atoms with van der Waals surface area (Å²) in [5.74, 6) is 1.25. The number of hydrogen-bond acceptors (Lipinski definition) is 3. The summed E-state index contributed by atoms with van der Waals surface area (Å²) in [5.41, 5.74) is 7.68. The monoisotopic (exact) mass is 280 g/mol. The zero-order valence-corrected chi connectivity index (χ0v) is 10.4. The Morgan fingerprint density at radius 3 is 3.00 bits per heavy atom. The summed E-state index contributed by atoms with van der Waals surface area (Å²) in [6, 6.07) is 6.21. The lowest BCUT2D eigenvalue weighted by molar-refractivity contribution is 0.471. The molecule has 1 fully saturated rings. The van der Waals surface area contributed by atoms with Gasteiger partial charge in [0.2, 0.25) is 0 Å². The van der Waals surface area contributed by atoms with E-state index in [9.17, 15) is 0 Å². The molecule has 4 heteroatoms. The van der Waals surface area contributed by atoms with Crippen molar-refractivity contribution in [3.63, 3.8) is 0 Å². The molecule has 1 saturated carbocycles. The van der Waals surface area contributed by atoms with E-state index < -0.39 is 0 Å². The van der Waals surface area contributed by atoms with Crippen LogP contribution in [0, 0.1) is 0 Å². The van der Waals surface area contributed by atoms with Gasteiger partial charge in [0.05, 0.1) is 0 Å². The normalized spacial score (nSPS) is 25.4. The third kappa shape index (κ3) is 1.76. The number of oxazole rings is 1. The van der Waals surface area contributed by atoms with Crippen molar-refractivity contribution in [3.05, 3.63) is 28.6 Å². The molecule has 3 rings (SSSR count). The van der Waals surface area contributed by atoms with Crippen LogP contribution in [0.5, 0.6) is 0 Å². The third-order valence-corrected chi connectivity index (χ3v) is 3.68. The van der Waals surface area contributed by atoms with Crippen LogP contribution in [0.1, 0.15) is 31.1 Å². The van der Waals surface area contributed by atoms with Crippen LogP contribution in [0.2, 0.25) is 0 Å². The highest BCUT2D eigenvalue weighted by Gasteiger charge is 2.27. The Morgan fingerprint density at radius 2 is 2.25 bits per heavy atom. The summed E-state index contributed by atoms with van der Waals surface area (Å²) in [7, 11) is 0. The molecule has 2 N–H and O–H groups in total. The molecule has 16 heavy (non-hydrogen) atoms. The maximum absolute atomic E-state index is 5.90. The van der Waals surface area contributed by atoms with Gasteiger partial charge < -0.3 is 10.2 Å². The van der Waals surface area contributed by atoms with E-state index in [0.717, 1.165) is 40.7 Å². The van der Waals surface area contributed by atoms with Crippen LogP contribution >= 0.6 is 15.9 Å². The summed E-state index contributed by atoms with van der Waals surface area (Å²) >= 11 is 3.43. The fraction of sp³-hybridized carbons (Fsp3) is 0.417. The highest BCUT2D eigenvalue weighted by molar-refractivity contribution is 9.10. The number of halogens is 1. The van der Waals surface area contributed by atoms with Crippen LogP contribution in [0.25, 0.3) is 11.1 Å². The van der Waals surface area contributed by atoms with E-state index in [1.807, 2.05) is 18.2 Å². The fourth-order valence-electron chi connectivity index (χ4n) is 2.33. The predicted octanol–water partition coefficient (Wildman–Crippen LogP) is 3.19. The molecule has 1 heterocycles. The zero-order chi connectivity index (χ0) is 11.1. The molecule has 0 unspecified atom stereocenters. The summed E-state index contributed by atoms with van der Waals surface area (Å²) in [6.07, 6.45) is 3.16. The number of hydrogen-bond donors (Lipinski definition) is 1. The van der Waals surface area contributed by atoms with E-state index in [1.54, 1.807) is 0 Å². The van der Waals surface area contributed by atoms with E-state index in [1.165, 1.54) is 0 Å². The molecule has 2 atom stereocenters. The Hall–Kier alpha value is -0.870. The van der Waals surface area contributed by atoms with Crippen molar-refractivity contribution in [2.24, 2.45) is 5.73 Å². The average Bonchev–Trinajstić information content (AvgIpc) is 2.83. The zero-order valence-electron chi connectivity index (χ0n) is 8.82. The lowest BCUT2D eigenvalue weighted by atomic mass is 10.1. The van der Waals surface area contributed by atoms with Crippen molar-refractivity contribution in [1.29, 1.82) is 0 Å². The third-order valence-electron chi connectivity index (χ3n) is 3.19. The highest BCUT2D eigenvalue weighted by atomic mass is 79.9. The fourth-order valence-corrected chi connectivity index (χ4v) is 2.68. The van der Waals surface area contributed by atoms with Crippen LogP contribution < -0.4 is 5.73 Å². The molecule has 0 spiro atoms. The van der Waals surface area contributed by atoms with Gasteiger partial charge in [0.1, 0.15) is 5.52 Å². The standard InChI is InChI=1S/C12H13BrN2O/c13-8-2-4-11-10(6-8)15-12(16-11)7-1-3-9(14)5-7/h2,4,6-7,9H,1,3,5,14H2/t7-,9+/m1/s1. The van der Waals surface area contributed by atoms with E-state index in [2.05, 4.69) is 20.9 Å². The minimum Gasteiger partial charge on any atom is -0.440 e. The molecule has 0 bridgehead atoms. The number of aromatic nitrogens is 1. The van der Waals surface area contributed by atoms with Crippen LogP contribution in [-0.4, -0.2) is 11.0 Å². The van der Waals surface area contributed by atoms with Gasteiger partial charge >= 0.3 is 0 Å².